The summed E-state index contributed by atoms with van der Waals surface area (Å²) in [4.78, 5) is 3.49. The standard InChI is InChI=1S/C16H13F3N4O3S/c1-23-9-12(14(21-23)15(18)19)22-27(24,25)13-3-2-8-20-16(13)26-11-6-4-10(17)5-7-11/h2-9,15,22H,1H3. The van der Waals surface area contributed by atoms with Gasteiger partial charge in [-0.2, -0.15) is 5.10 Å². The van der Waals surface area contributed by atoms with Gasteiger partial charge in [-0.1, -0.05) is 0 Å². The Morgan fingerprint density at radius 1 is 1.19 bits per heavy atom. The summed E-state index contributed by atoms with van der Waals surface area (Å²) in [6.07, 6.45) is -0.546. The van der Waals surface area contributed by atoms with Gasteiger partial charge in [0, 0.05) is 19.4 Å². The number of sulfonamides is 1. The van der Waals surface area contributed by atoms with Gasteiger partial charge in [0.15, 0.2) is 5.69 Å². The van der Waals surface area contributed by atoms with E-state index in [1.54, 1.807) is 0 Å². The zero-order chi connectivity index (χ0) is 19.6. The number of aromatic nitrogens is 3. The topological polar surface area (TPSA) is 86.1 Å². The monoisotopic (exact) mass is 398 g/mol. The van der Waals surface area contributed by atoms with E-state index in [1.165, 1.54) is 37.5 Å². The Labute approximate surface area is 152 Å². The van der Waals surface area contributed by atoms with E-state index in [2.05, 4.69) is 14.8 Å². The Hall–Kier alpha value is -3.08. The third kappa shape index (κ3) is 4.19. The van der Waals surface area contributed by atoms with Gasteiger partial charge >= 0.3 is 0 Å². The van der Waals surface area contributed by atoms with E-state index >= 15 is 0 Å². The van der Waals surface area contributed by atoms with E-state index in [0.717, 1.165) is 23.0 Å². The Morgan fingerprint density at radius 3 is 2.56 bits per heavy atom. The van der Waals surface area contributed by atoms with Crippen LogP contribution < -0.4 is 9.46 Å². The van der Waals surface area contributed by atoms with Crippen molar-refractivity contribution in [2.45, 2.75) is 11.3 Å². The van der Waals surface area contributed by atoms with Crippen LogP contribution in [0.1, 0.15) is 12.1 Å². The van der Waals surface area contributed by atoms with Crippen LogP contribution >= 0.6 is 0 Å². The molecule has 0 atom stereocenters. The molecule has 7 nitrogen and oxygen atoms in total. The number of rotatable bonds is 6. The van der Waals surface area contributed by atoms with E-state index in [4.69, 9.17) is 4.74 Å². The molecule has 2 aromatic heterocycles. The van der Waals surface area contributed by atoms with E-state index in [-0.39, 0.29) is 22.2 Å². The van der Waals surface area contributed by atoms with E-state index in [1.807, 2.05) is 0 Å². The van der Waals surface area contributed by atoms with E-state index < -0.39 is 28.0 Å². The van der Waals surface area contributed by atoms with Crippen molar-refractivity contribution in [1.82, 2.24) is 14.8 Å². The fraction of sp³-hybridized carbons (Fsp3) is 0.125. The average Bonchev–Trinajstić information content (AvgIpc) is 2.97. The Morgan fingerprint density at radius 2 is 1.89 bits per heavy atom. The van der Waals surface area contributed by atoms with Crippen LogP contribution in [0.5, 0.6) is 11.6 Å². The summed E-state index contributed by atoms with van der Waals surface area (Å²) < 4.78 is 73.0. The second-order valence-corrected chi connectivity index (χ2v) is 7.02. The van der Waals surface area contributed by atoms with Crippen LogP contribution in [0.2, 0.25) is 0 Å². The highest BCUT2D eigenvalue weighted by Crippen LogP contribution is 2.31. The Bertz CT molecular complexity index is 1050. The molecule has 1 N–H and O–H groups in total. The zero-order valence-corrected chi connectivity index (χ0v) is 14.6. The van der Waals surface area contributed by atoms with Gasteiger partial charge in [-0.05, 0) is 36.4 Å². The van der Waals surface area contributed by atoms with Gasteiger partial charge in [0.25, 0.3) is 16.4 Å². The first kappa shape index (κ1) is 18.7. The number of halogens is 3. The molecule has 0 aliphatic carbocycles. The SMILES string of the molecule is Cn1cc(NS(=O)(=O)c2cccnc2Oc2ccc(F)cc2)c(C(F)F)n1. The molecule has 3 rings (SSSR count). The Balaban J connectivity index is 1.94. The van der Waals surface area contributed by atoms with Crippen LogP contribution in [0.3, 0.4) is 0 Å². The predicted octanol–water partition coefficient (Wildman–Crippen LogP) is 3.48. The number of nitrogens with zero attached hydrogens (tertiary/aromatic N) is 3. The molecule has 0 fully saturated rings. The van der Waals surface area contributed by atoms with Gasteiger partial charge in [0.2, 0.25) is 5.88 Å². The fourth-order valence-electron chi connectivity index (χ4n) is 2.22. The molecule has 0 saturated heterocycles. The van der Waals surface area contributed by atoms with Crippen molar-refractivity contribution >= 4 is 15.7 Å². The number of anilines is 1. The summed E-state index contributed by atoms with van der Waals surface area (Å²) in [6.45, 7) is 0. The lowest BCUT2D eigenvalue weighted by molar-refractivity contribution is 0.146. The summed E-state index contributed by atoms with van der Waals surface area (Å²) in [5.41, 5.74) is -1.06. The number of hydrogen-bond acceptors (Lipinski definition) is 5. The minimum absolute atomic E-state index is 0.154. The maximum absolute atomic E-state index is 13.0. The molecule has 0 bridgehead atoms. The van der Waals surface area contributed by atoms with Crippen molar-refractivity contribution in [2.75, 3.05) is 4.72 Å². The Kier molecular flexibility index (Phi) is 5.04. The fourth-order valence-corrected chi connectivity index (χ4v) is 3.36. The summed E-state index contributed by atoms with van der Waals surface area (Å²) in [5, 5.41) is 3.54. The van der Waals surface area contributed by atoms with Crippen molar-refractivity contribution in [1.29, 1.82) is 0 Å². The number of nitrogens with one attached hydrogen (secondary N) is 1. The lowest BCUT2D eigenvalue weighted by Crippen LogP contribution is -2.15. The van der Waals surface area contributed by atoms with Gasteiger partial charge in [-0.15, -0.1) is 0 Å². The molecule has 3 aromatic rings. The van der Waals surface area contributed by atoms with Crippen molar-refractivity contribution in [3.8, 4) is 11.6 Å². The lowest BCUT2D eigenvalue weighted by Gasteiger charge is -2.12. The maximum atomic E-state index is 13.0. The summed E-state index contributed by atoms with van der Waals surface area (Å²) in [5.74, 6) is -0.630. The first-order valence-electron chi connectivity index (χ1n) is 7.49. The van der Waals surface area contributed by atoms with E-state index in [0.29, 0.717) is 0 Å². The lowest BCUT2D eigenvalue weighted by atomic mass is 10.3. The van der Waals surface area contributed by atoms with Crippen molar-refractivity contribution in [3.05, 3.63) is 60.3 Å². The molecular weight excluding hydrogens is 385 g/mol. The summed E-state index contributed by atoms with van der Waals surface area (Å²) in [6, 6.07) is 7.41. The zero-order valence-electron chi connectivity index (χ0n) is 13.8. The molecule has 2 heterocycles. The third-order valence-electron chi connectivity index (χ3n) is 3.36. The molecule has 11 heteroatoms. The average molecular weight is 398 g/mol. The summed E-state index contributed by atoms with van der Waals surface area (Å²) in [7, 11) is -2.93. The second-order valence-electron chi connectivity index (χ2n) is 5.37. The van der Waals surface area contributed by atoms with Crippen LogP contribution in [0.4, 0.5) is 18.9 Å². The molecule has 0 saturated carbocycles. The second kappa shape index (κ2) is 7.27. The molecule has 0 spiro atoms. The van der Waals surface area contributed by atoms with Crippen LogP contribution in [0.25, 0.3) is 0 Å². The molecule has 0 amide bonds. The van der Waals surface area contributed by atoms with Gasteiger partial charge in [-0.3, -0.25) is 9.40 Å². The van der Waals surface area contributed by atoms with Crippen molar-refractivity contribution < 1.29 is 26.3 Å². The quantitative estimate of drug-likeness (QED) is 0.687. The number of ether oxygens (including phenoxy) is 1. The first-order chi connectivity index (χ1) is 12.8. The third-order valence-corrected chi connectivity index (χ3v) is 4.74. The highest BCUT2D eigenvalue weighted by molar-refractivity contribution is 7.92. The first-order valence-corrected chi connectivity index (χ1v) is 8.97. The van der Waals surface area contributed by atoms with E-state index in [9.17, 15) is 21.6 Å². The number of benzene rings is 1. The molecule has 1 aromatic carbocycles. The molecular formula is C16H13F3N4O3S. The highest BCUT2D eigenvalue weighted by Gasteiger charge is 2.26. The number of alkyl halides is 2. The van der Waals surface area contributed by atoms with Gasteiger partial charge in [0.1, 0.15) is 16.5 Å². The van der Waals surface area contributed by atoms with Gasteiger partial charge in [-0.25, -0.2) is 26.6 Å². The largest absolute Gasteiger partial charge is 0.438 e. The van der Waals surface area contributed by atoms with Crippen LogP contribution in [0, 0.1) is 5.82 Å². The summed E-state index contributed by atoms with van der Waals surface area (Å²) >= 11 is 0. The number of hydrogen-bond donors (Lipinski definition) is 1. The molecule has 0 radical (unpaired) electrons. The minimum atomic E-state index is -4.31. The minimum Gasteiger partial charge on any atom is -0.438 e. The highest BCUT2D eigenvalue weighted by atomic mass is 32.2. The predicted molar refractivity (Wildman–Crippen MR) is 89.7 cm³/mol. The number of pyridine rings is 1. The van der Waals surface area contributed by atoms with Crippen molar-refractivity contribution in [3.63, 3.8) is 0 Å². The van der Waals surface area contributed by atoms with Crippen LogP contribution in [-0.4, -0.2) is 23.2 Å². The molecule has 0 aliphatic rings. The van der Waals surface area contributed by atoms with Crippen LogP contribution in [0.15, 0.2) is 53.7 Å². The molecule has 0 aliphatic heterocycles. The van der Waals surface area contributed by atoms with Crippen LogP contribution in [-0.2, 0) is 17.1 Å². The van der Waals surface area contributed by atoms with Crippen molar-refractivity contribution in [2.24, 2.45) is 7.05 Å². The smallest absolute Gasteiger partial charge is 0.284 e. The molecule has 27 heavy (non-hydrogen) atoms. The molecule has 142 valence electrons. The molecule has 0 unspecified atom stereocenters. The maximum Gasteiger partial charge on any atom is 0.284 e. The van der Waals surface area contributed by atoms with Gasteiger partial charge < -0.3 is 4.74 Å². The normalized spacial score (nSPS) is 11.6. The van der Waals surface area contributed by atoms with Gasteiger partial charge in [0.05, 0.1) is 5.69 Å². The number of aryl methyl sites for hydroxylation is 1.